The van der Waals surface area contributed by atoms with Crippen LogP contribution in [0.25, 0.3) is 0 Å². The minimum absolute atomic E-state index is 0.0910. The summed E-state index contributed by atoms with van der Waals surface area (Å²) >= 11 is 0. The number of amides is 2. The van der Waals surface area contributed by atoms with E-state index in [1.54, 1.807) is 4.90 Å². The molecule has 0 aromatic heterocycles. The van der Waals surface area contributed by atoms with Crippen LogP contribution < -0.4 is 10.1 Å². The number of ether oxygens (including phenoxy) is 1. The van der Waals surface area contributed by atoms with Gasteiger partial charge in [0.15, 0.2) is 6.61 Å². The van der Waals surface area contributed by atoms with Gasteiger partial charge in [0, 0.05) is 19.0 Å². The van der Waals surface area contributed by atoms with Gasteiger partial charge < -0.3 is 15.0 Å². The minimum Gasteiger partial charge on any atom is -0.483 e. The maximum atomic E-state index is 13.8. The average Bonchev–Trinajstić information content (AvgIpc) is 2.93. The predicted molar refractivity (Wildman–Crippen MR) is 147 cm³/mol. The van der Waals surface area contributed by atoms with Crippen molar-refractivity contribution < 1.29 is 14.3 Å². The fourth-order valence-corrected chi connectivity index (χ4v) is 4.98. The first kappa shape index (κ1) is 26.5. The summed E-state index contributed by atoms with van der Waals surface area (Å²) < 4.78 is 6.01. The summed E-state index contributed by atoms with van der Waals surface area (Å²) in [5.41, 5.74) is 4.12. The molecule has 0 aliphatic heterocycles. The van der Waals surface area contributed by atoms with Crippen LogP contribution in [0.4, 0.5) is 0 Å². The van der Waals surface area contributed by atoms with Gasteiger partial charge in [-0.05, 0) is 55.0 Å². The number of hydrogen-bond donors (Lipinski definition) is 1. The van der Waals surface area contributed by atoms with E-state index in [1.807, 2.05) is 92.7 Å². The highest BCUT2D eigenvalue weighted by Crippen LogP contribution is 2.22. The van der Waals surface area contributed by atoms with Crippen LogP contribution >= 0.6 is 0 Å². The SMILES string of the molecule is Cc1cccc(OCC(=O)N(Cc2ccccc2)[C@@H](Cc2ccccc2)C(=O)NC2CCCCC2)c1C. The molecule has 4 rings (SSSR count). The van der Waals surface area contributed by atoms with Crippen molar-refractivity contribution in [3.05, 3.63) is 101 Å². The number of rotatable bonds is 10. The van der Waals surface area contributed by atoms with E-state index in [9.17, 15) is 9.59 Å². The fraction of sp³-hybridized carbons (Fsp3) is 0.375. The van der Waals surface area contributed by atoms with Crippen LogP contribution in [0, 0.1) is 13.8 Å². The maximum Gasteiger partial charge on any atom is 0.261 e. The van der Waals surface area contributed by atoms with E-state index < -0.39 is 6.04 Å². The molecule has 0 bridgehead atoms. The lowest BCUT2D eigenvalue weighted by Crippen LogP contribution is -2.53. The van der Waals surface area contributed by atoms with Gasteiger partial charge in [0.25, 0.3) is 5.91 Å². The van der Waals surface area contributed by atoms with E-state index in [2.05, 4.69) is 5.32 Å². The standard InChI is InChI=1S/C32H38N2O3/c1-24-13-12-20-30(25(24)2)37-23-31(35)34(22-27-16-8-4-9-17-27)29(21-26-14-6-3-7-15-26)32(36)33-28-18-10-5-11-19-28/h3-4,6-9,12-17,20,28-29H,5,10-11,18-19,21-23H2,1-2H3,(H,33,36)/t29-/m0/s1. The predicted octanol–water partition coefficient (Wildman–Crippen LogP) is 5.77. The second-order valence-corrected chi connectivity index (χ2v) is 10.0. The van der Waals surface area contributed by atoms with Crippen molar-refractivity contribution in [2.24, 2.45) is 0 Å². The molecule has 1 aliphatic rings. The second-order valence-electron chi connectivity index (χ2n) is 10.0. The summed E-state index contributed by atoms with van der Waals surface area (Å²) in [6.07, 6.45) is 5.91. The molecule has 194 valence electrons. The molecule has 1 fully saturated rings. The van der Waals surface area contributed by atoms with Crippen LogP contribution in [0.2, 0.25) is 0 Å². The summed E-state index contributed by atoms with van der Waals surface area (Å²) in [5.74, 6) is 0.399. The van der Waals surface area contributed by atoms with Crippen molar-refractivity contribution in [2.75, 3.05) is 6.61 Å². The van der Waals surface area contributed by atoms with Gasteiger partial charge in [-0.1, -0.05) is 92.1 Å². The molecule has 2 amide bonds. The Morgan fingerprint density at radius 1 is 0.865 bits per heavy atom. The minimum atomic E-state index is -0.640. The monoisotopic (exact) mass is 498 g/mol. The molecule has 1 atom stereocenters. The highest BCUT2D eigenvalue weighted by Gasteiger charge is 2.32. The van der Waals surface area contributed by atoms with Crippen LogP contribution in [0.1, 0.15) is 54.4 Å². The Labute approximate surface area is 220 Å². The molecule has 3 aromatic carbocycles. The Morgan fingerprint density at radius 2 is 1.51 bits per heavy atom. The molecular formula is C32H38N2O3. The lowest BCUT2D eigenvalue weighted by molar-refractivity contribution is -0.143. The summed E-state index contributed by atoms with van der Waals surface area (Å²) in [4.78, 5) is 29.2. The van der Waals surface area contributed by atoms with E-state index >= 15 is 0 Å². The van der Waals surface area contributed by atoms with Gasteiger partial charge >= 0.3 is 0 Å². The lowest BCUT2D eigenvalue weighted by Gasteiger charge is -2.33. The van der Waals surface area contributed by atoms with Crippen molar-refractivity contribution in [1.82, 2.24) is 10.2 Å². The molecule has 5 heteroatoms. The Balaban J connectivity index is 1.60. The summed E-state index contributed by atoms with van der Waals surface area (Å²) in [5, 5.41) is 3.28. The molecule has 0 heterocycles. The zero-order chi connectivity index (χ0) is 26.0. The Hall–Kier alpha value is -3.60. The molecule has 37 heavy (non-hydrogen) atoms. The number of nitrogens with zero attached hydrogens (tertiary/aromatic N) is 1. The van der Waals surface area contributed by atoms with Gasteiger partial charge in [0.2, 0.25) is 5.91 Å². The van der Waals surface area contributed by atoms with Crippen molar-refractivity contribution in [1.29, 1.82) is 0 Å². The number of hydrogen-bond acceptors (Lipinski definition) is 3. The highest BCUT2D eigenvalue weighted by atomic mass is 16.5. The number of carbonyl (C=O) groups excluding carboxylic acids is 2. The van der Waals surface area contributed by atoms with Gasteiger partial charge in [-0.3, -0.25) is 9.59 Å². The first-order valence-corrected chi connectivity index (χ1v) is 13.4. The van der Waals surface area contributed by atoms with Crippen LogP contribution in [-0.4, -0.2) is 35.4 Å². The normalized spacial score (nSPS) is 14.5. The van der Waals surface area contributed by atoms with E-state index in [0.717, 1.165) is 47.9 Å². The number of benzene rings is 3. The maximum absolute atomic E-state index is 13.8. The first-order valence-electron chi connectivity index (χ1n) is 13.4. The molecule has 0 saturated heterocycles. The summed E-state index contributed by atoms with van der Waals surface area (Å²) in [6.45, 7) is 4.23. The van der Waals surface area contributed by atoms with E-state index in [1.165, 1.54) is 6.42 Å². The van der Waals surface area contributed by atoms with Crippen molar-refractivity contribution in [2.45, 2.75) is 71.0 Å². The molecule has 0 radical (unpaired) electrons. The van der Waals surface area contributed by atoms with Crippen LogP contribution in [-0.2, 0) is 22.6 Å². The number of carbonyl (C=O) groups is 2. The fourth-order valence-electron chi connectivity index (χ4n) is 4.98. The van der Waals surface area contributed by atoms with Gasteiger partial charge in [-0.2, -0.15) is 0 Å². The highest BCUT2D eigenvalue weighted by molar-refractivity contribution is 5.88. The topological polar surface area (TPSA) is 58.6 Å². The Kier molecular flexibility index (Phi) is 9.36. The molecule has 0 unspecified atom stereocenters. The van der Waals surface area contributed by atoms with E-state index in [0.29, 0.717) is 18.7 Å². The van der Waals surface area contributed by atoms with Crippen LogP contribution in [0.15, 0.2) is 78.9 Å². The zero-order valence-electron chi connectivity index (χ0n) is 22.0. The number of nitrogens with one attached hydrogen (secondary N) is 1. The first-order chi connectivity index (χ1) is 18.0. The summed E-state index contributed by atoms with van der Waals surface area (Å²) in [7, 11) is 0. The molecule has 0 spiro atoms. The third kappa shape index (κ3) is 7.45. The Morgan fingerprint density at radius 3 is 2.19 bits per heavy atom. The largest absolute Gasteiger partial charge is 0.483 e. The Bertz CT molecular complexity index is 1160. The van der Waals surface area contributed by atoms with Gasteiger partial charge in [0.05, 0.1) is 0 Å². The number of aryl methyl sites for hydroxylation is 1. The summed E-state index contributed by atoms with van der Waals surface area (Å²) in [6, 6.07) is 25.1. The molecule has 5 nitrogen and oxygen atoms in total. The molecule has 3 aromatic rings. The van der Waals surface area contributed by atoms with Gasteiger partial charge in [-0.25, -0.2) is 0 Å². The molecule has 1 N–H and O–H groups in total. The van der Waals surface area contributed by atoms with Gasteiger partial charge in [0.1, 0.15) is 11.8 Å². The van der Waals surface area contributed by atoms with Crippen molar-refractivity contribution in [3.63, 3.8) is 0 Å². The van der Waals surface area contributed by atoms with E-state index in [-0.39, 0.29) is 24.5 Å². The van der Waals surface area contributed by atoms with Crippen LogP contribution in [0.3, 0.4) is 0 Å². The average molecular weight is 499 g/mol. The van der Waals surface area contributed by atoms with Crippen molar-refractivity contribution >= 4 is 11.8 Å². The van der Waals surface area contributed by atoms with E-state index in [4.69, 9.17) is 4.74 Å². The van der Waals surface area contributed by atoms with Crippen molar-refractivity contribution in [3.8, 4) is 5.75 Å². The molecule has 1 saturated carbocycles. The third-order valence-corrected chi connectivity index (χ3v) is 7.32. The molecular weight excluding hydrogens is 460 g/mol. The quantitative estimate of drug-likeness (QED) is 0.386. The zero-order valence-corrected chi connectivity index (χ0v) is 22.0. The second kappa shape index (κ2) is 13.1. The van der Waals surface area contributed by atoms with Crippen LogP contribution in [0.5, 0.6) is 5.75 Å². The third-order valence-electron chi connectivity index (χ3n) is 7.32. The molecule has 1 aliphatic carbocycles. The smallest absolute Gasteiger partial charge is 0.261 e. The van der Waals surface area contributed by atoms with Gasteiger partial charge in [-0.15, -0.1) is 0 Å². The lowest BCUT2D eigenvalue weighted by atomic mass is 9.94.